The number of hydrogen-bond donors (Lipinski definition) is 1. The Morgan fingerprint density at radius 2 is 2.19 bits per heavy atom. The van der Waals surface area contributed by atoms with Crippen molar-refractivity contribution >= 4 is 39.0 Å². The highest BCUT2D eigenvalue weighted by atomic mass is 32.2. The lowest BCUT2D eigenvalue weighted by Gasteiger charge is -2.06. The van der Waals surface area contributed by atoms with Crippen LogP contribution in [0.5, 0.6) is 0 Å². The van der Waals surface area contributed by atoms with E-state index in [1.165, 1.54) is 4.70 Å². The molecule has 1 aromatic heterocycles. The second-order valence-corrected chi connectivity index (χ2v) is 6.62. The first-order valence-corrected chi connectivity index (χ1v) is 8.50. The van der Waals surface area contributed by atoms with Crippen LogP contribution in [-0.4, -0.2) is 11.2 Å². The smallest absolute Gasteiger partial charge is 0.150 e. The van der Waals surface area contributed by atoms with Crippen molar-refractivity contribution in [1.82, 2.24) is 4.98 Å². The molecule has 2 aromatic carbocycles. The van der Waals surface area contributed by atoms with E-state index >= 15 is 0 Å². The molecule has 0 saturated carbocycles. The lowest BCUT2D eigenvalue weighted by Crippen LogP contribution is -1.99. The van der Waals surface area contributed by atoms with Crippen LogP contribution in [0.25, 0.3) is 10.2 Å². The number of nitrogens with one attached hydrogen (secondary N) is 1. The van der Waals surface area contributed by atoms with E-state index in [-0.39, 0.29) is 0 Å². The predicted octanol–water partition coefficient (Wildman–Crippen LogP) is 4.50. The number of benzene rings is 2. The van der Waals surface area contributed by atoms with Crippen molar-refractivity contribution in [2.75, 3.05) is 11.6 Å². The van der Waals surface area contributed by atoms with E-state index in [2.05, 4.69) is 22.4 Å². The van der Waals surface area contributed by atoms with E-state index in [9.17, 15) is 0 Å². The number of nitriles is 1. The normalized spacial score (nSPS) is 10.5. The van der Waals surface area contributed by atoms with Gasteiger partial charge in [0.1, 0.15) is 0 Å². The summed E-state index contributed by atoms with van der Waals surface area (Å²) in [6.07, 6.45) is 2.04. The monoisotopic (exact) mass is 311 g/mol. The van der Waals surface area contributed by atoms with Crippen molar-refractivity contribution in [2.24, 2.45) is 0 Å². The van der Waals surface area contributed by atoms with E-state index in [0.29, 0.717) is 12.1 Å². The summed E-state index contributed by atoms with van der Waals surface area (Å²) in [4.78, 5) is 4.53. The summed E-state index contributed by atoms with van der Waals surface area (Å²) in [6.45, 7) is 0.704. The molecule has 3 aromatic rings. The first-order valence-electron chi connectivity index (χ1n) is 6.46. The molecule has 0 aliphatic heterocycles. The van der Waals surface area contributed by atoms with E-state index in [1.807, 2.05) is 42.7 Å². The molecule has 104 valence electrons. The first kappa shape index (κ1) is 13.9. The summed E-state index contributed by atoms with van der Waals surface area (Å²) in [5.41, 5.74) is 3.91. The number of rotatable bonds is 4. The highest BCUT2D eigenvalue weighted by Gasteiger charge is 2.04. The minimum atomic E-state index is 0.692. The van der Waals surface area contributed by atoms with Crippen LogP contribution >= 0.6 is 23.1 Å². The van der Waals surface area contributed by atoms with Gasteiger partial charge in [-0.15, -0.1) is 11.3 Å². The average Bonchev–Trinajstić information content (AvgIpc) is 2.95. The van der Waals surface area contributed by atoms with Crippen LogP contribution < -0.4 is 5.32 Å². The molecule has 0 aliphatic carbocycles. The van der Waals surface area contributed by atoms with Gasteiger partial charge < -0.3 is 5.32 Å². The Bertz CT molecular complexity index is 818. The Morgan fingerprint density at radius 3 is 3.00 bits per heavy atom. The molecule has 3 rings (SSSR count). The molecule has 0 atom stereocenters. The minimum absolute atomic E-state index is 0.692. The maximum absolute atomic E-state index is 8.91. The van der Waals surface area contributed by atoms with Crippen LogP contribution in [0.1, 0.15) is 11.1 Å². The average molecular weight is 311 g/mol. The van der Waals surface area contributed by atoms with Crippen LogP contribution in [0, 0.1) is 11.3 Å². The van der Waals surface area contributed by atoms with Gasteiger partial charge in [-0.1, -0.05) is 23.9 Å². The quantitative estimate of drug-likeness (QED) is 0.721. The zero-order chi connectivity index (χ0) is 14.7. The third kappa shape index (κ3) is 3.18. The van der Waals surface area contributed by atoms with Gasteiger partial charge in [-0.3, -0.25) is 0 Å². The number of anilines is 1. The van der Waals surface area contributed by atoms with Gasteiger partial charge in [-0.05, 0) is 42.2 Å². The SMILES string of the molecule is CSc1nc2ccc(NCc3cccc(C#N)c3)cc2s1. The maximum atomic E-state index is 8.91. The van der Waals surface area contributed by atoms with Crippen LogP contribution in [0.15, 0.2) is 46.8 Å². The lowest BCUT2D eigenvalue weighted by molar-refractivity contribution is 1.15. The zero-order valence-corrected chi connectivity index (χ0v) is 13.1. The van der Waals surface area contributed by atoms with Gasteiger partial charge in [0.15, 0.2) is 4.34 Å². The first-order chi connectivity index (χ1) is 10.3. The Balaban J connectivity index is 1.76. The van der Waals surface area contributed by atoms with Gasteiger partial charge in [0.05, 0.1) is 21.8 Å². The highest BCUT2D eigenvalue weighted by molar-refractivity contribution is 8.00. The molecular formula is C16H13N3S2. The fourth-order valence-electron chi connectivity index (χ4n) is 2.06. The van der Waals surface area contributed by atoms with E-state index in [0.717, 1.165) is 21.1 Å². The number of thiazole rings is 1. The highest BCUT2D eigenvalue weighted by Crippen LogP contribution is 2.30. The fourth-order valence-corrected chi connectivity index (χ4v) is 3.58. The molecule has 1 heterocycles. The Morgan fingerprint density at radius 1 is 1.29 bits per heavy atom. The predicted molar refractivity (Wildman–Crippen MR) is 89.9 cm³/mol. The number of thioether (sulfide) groups is 1. The van der Waals surface area contributed by atoms with E-state index in [1.54, 1.807) is 23.1 Å². The molecule has 0 unspecified atom stereocenters. The lowest BCUT2D eigenvalue weighted by atomic mass is 10.1. The molecule has 0 fully saturated rings. The van der Waals surface area contributed by atoms with Crippen molar-refractivity contribution in [1.29, 1.82) is 5.26 Å². The second-order valence-electron chi connectivity index (χ2n) is 4.53. The molecule has 0 aliphatic rings. The minimum Gasteiger partial charge on any atom is -0.381 e. The molecule has 0 radical (unpaired) electrons. The van der Waals surface area contributed by atoms with Crippen LogP contribution in [-0.2, 0) is 6.54 Å². The Kier molecular flexibility index (Phi) is 4.09. The number of nitrogens with zero attached hydrogens (tertiary/aromatic N) is 2. The second kappa shape index (κ2) is 6.17. The van der Waals surface area contributed by atoms with Gasteiger partial charge in [0.25, 0.3) is 0 Å². The molecule has 5 heteroatoms. The van der Waals surface area contributed by atoms with Crippen molar-refractivity contribution in [3.05, 3.63) is 53.6 Å². The largest absolute Gasteiger partial charge is 0.381 e. The number of fused-ring (bicyclic) bond motifs is 1. The third-order valence-corrected chi connectivity index (χ3v) is 5.10. The van der Waals surface area contributed by atoms with Crippen LogP contribution in [0.3, 0.4) is 0 Å². The van der Waals surface area contributed by atoms with Gasteiger partial charge in [0.2, 0.25) is 0 Å². The third-order valence-electron chi connectivity index (χ3n) is 3.10. The summed E-state index contributed by atoms with van der Waals surface area (Å²) in [5.74, 6) is 0. The van der Waals surface area contributed by atoms with Crippen molar-refractivity contribution in [3.8, 4) is 6.07 Å². The van der Waals surface area contributed by atoms with Gasteiger partial charge in [-0.25, -0.2) is 4.98 Å². The van der Waals surface area contributed by atoms with Gasteiger partial charge in [0, 0.05) is 12.2 Å². The summed E-state index contributed by atoms with van der Waals surface area (Å²) < 4.78 is 2.28. The summed E-state index contributed by atoms with van der Waals surface area (Å²) in [6, 6.07) is 16.0. The molecule has 0 amide bonds. The number of hydrogen-bond acceptors (Lipinski definition) is 5. The standard InChI is InChI=1S/C16H13N3S2/c1-20-16-19-14-6-5-13(8-15(14)21-16)18-10-12-4-2-3-11(7-12)9-17/h2-8,18H,10H2,1H3. The molecular weight excluding hydrogens is 298 g/mol. The summed E-state index contributed by atoms with van der Waals surface area (Å²) in [7, 11) is 0. The molecule has 0 saturated heterocycles. The molecule has 3 nitrogen and oxygen atoms in total. The Labute approximate surface area is 131 Å². The zero-order valence-electron chi connectivity index (χ0n) is 11.5. The van der Waals surface area contributed by atoms with Crippen molar-refractivity contribution in [2.45, 2.75) is 10.9 Å². The van der Waals surface area contributed by atoms with Crippen LogP contribution in [0.2, 0.25) is 0 Å². The van der Waals surface area contributed by atoms with Gasteiger partial charge in [-0.2, -0.15) is 5.26 Å². The number of aromatic nitrogens is 1. The van der Waals surface area contributed by atoms with E-state index < -0.39 is 0 Å². The van der Waals surface area contributed by atoms with E-state index in [4.69, 9.17) is 5.26 Å². The maximum Gasteiger partial charge on any atom is 0.150 e. The van der Waals surface area contributed by atoms with Crippen molar-refractivity contribution < 1.29 is 0 Å². The van der Waals surface area contributed by atoms with Crippen molar-refractivity contribution in [3.63, 3.8) is 0 Å². The van der Waals surface area contributed by atoms with Gasteiger partial charge >= 0.3 is 0 Å². The molecule has 1 N–H and O–H groups in total. The molecule has 21 heavy (non-hydrogen) atoms. The molecule has 0 bridgehead atoms. The Hall–Kier alpha value is -2.03. The summed E-state index contributed by atoms with van der Waals surface area (Å²) >= 11 is 3.38. The molecule has 0 spiro atoms. The fraction of sp³-hybridized carbons (Fsp3) is 0.125. The van der Waals surface area contributed by atoms with Crippen LogP contribution in [0.4, 0.5) is 5.69 Å². The topological polar surface area (TPSA) is 48.7 Å². The summed E-state index contributed by atoms with van der Waals surface area (Å²) in [5, 5.41) is 12.3.